The van der Waals surface area contributed by atoms with Gasteiger partial charge in [0.15, 0.2) is 0 Å². The first-order valence-electron chi connectivity index (χ1n) is 7.08. The van der Waals surface area contributed by atoms with Crippen molar-refractivity contribution in [3.05, 3.63) is 0 Å². The number of methoxy groups -OCH3 is 1. The number of nitrogens with zero attached hydrogens (tertiary/aromatic N) is 1. The fourth-order valence-electron chi connectivity index (χ4n) is 2.36. The van der Waals surface area contributed by atoms with E-state index >= 15 is 0 Å². The van der Waals surface area contributed by atoms with Crippen LogP contribution in [0.4, 0.5) is 0 Å². The first-order chi connectivity index (χ1) is 8.07. The summed E-state index contributed by atoms with van der Waals surface area (Å²) in [7, 11) is 1.79. The van der Waals surface area contributed by atoms with Crippen LogP contribution in [0.1, 0.15) is 46.5 Å². The minimum absolute atomic E-state index is 0.00983. The Morgan fingerprint density at radius 2 is 1.94 bits per heavy atom. The average Bonchev–Trinajstić information content (AvgIpc) is 2.32. The SMILES string of the molecule is CCCN1CCC(NCCC(C)(C)OC)CC1. The molecular weight excluding hydrogens is 212 g/mol. The van der Waals surface area contributed by atoms with Crippen molar-refractivity contribution >= 4 is 0 Å². The van der Waals surface area contributed by atoms with E-state index in [4.69, 9.17) is 4.74 Å². The zero-order valence-electron chi connectivity index (χ0n) is 12.1. The smallest absolute Gasteiger partial charge is 0.0634 e. The summed E-state index contributed by atoms with van der Waals surface area (Å²) < 4.78 is 5.43. The highest BCUT2D eigenvalue weighted by molar-refractivity contribution is 4.78. The minimum atomic E-state index is 0.00983. The Bertz CT molecular complexity index is 198. The maximum absolute atomic E-state index is 5.43. The van der Waals surface area contributed by atoms with Gasteiger partial charge in [-0.1, -0.05) is 6.92 Å². The normalized spacial score (nSPS) is 19.8. The summed E-state index contributed by atoms with van der Waals surface area (Å²) in [4.78, 5) is 2.58. The molecule has 1 rings (SSSR count). The van der Waals surface area contributed by atoms with Crippen LogP contribution in [0.2, 0.25) is 0 Å². The summed E-state index contributed by atoms with van der Waals surface area (Å²) in [6.07, 6.45) is 4.96. The van der Waals surface area contributed by atoms with E-state index in [0.29, 0.717) is 0 Å². The third-order valence-electron chi connectivity index (χ3n) is 3.84. The molecular formula is C14H30N2O. The van der Waals surface area contributed by atoms with E-state index in [1.165, 1.54) is 38.9 Å². The van der Waals surface area contributed by atoms with Crippen molar-refractivity contribution in [1.29, 1.82) is 0 Å². The topological polar surface area (TPSA) is 24.5 Å². The molecule has 1 N–H and O–H groups in total. The average molecular weight is 242 g/mol. The monoisotopic (exact) mass is 242 g/mol. The van der Waals surface area contributed by atoms with Gasteiger partial charge in [-0.15, -0.1) is 0 Å². The molecule has 1 saturated heterocycles. The number of nitrogens with one attached hydrogen (secondary N) is 1. The number of hydrogen-bond donors (Lipinski definition) is 1. The molecule has 1 fully saturated rings. The molecule has 1 aliphatic heterocycles. The van der Waals surface area contributed by atoms with Gasteiger partial charge >= 0.3 is 0 Å². The molecule has 0 aromatic rings. The first-order valence-corrected chi connectivity index (χ1v) is 7.08. The second kappa shape index (κ2) is 7.34. The predicted molar refractivity (Wildman–Crippen MR) is 73.5 cm³/mol. The van der Waals surface area contributed by atoms with Crippen LogP contribution < -0.4 is 5.32 Å². The number of likely N-dealkylation sites (tertiary alicyclic amines) is 1. The van der Waals surface area contributed by atoms with Gasteiger partial charge in [0.25, 0.3) is 0 Å². The second-order valence-electron chi connectivity index (χ2n) is 5.78. The quantitative estimate of drug-likeness (QED) is 0.741. The van der Waals surface area contributed by atoms with Crippen molar-refractivity contribution < 1.29 is 4.74 Å². The summed E-state index contributed by atoms with van der Waals surface area (Å²) in [6, 6.07) is 0.718. The Kier molecular flexibility index (Phi) is 6.45. The highest BCUT2D eigenvalue weighted by Gasteiger charge is 2.20. The van der Waals surface area contributed by atoms with Gasteiger partial charge in [0.2, 0.25) is 0 Å². The summed E-state index contributed by atoms with van der Waals surface area (Å²) in [6.45, 7) is 11.4. The highest BCUT2D eigenvalue weighted by Crippen LogP contribution is 2.14. The van der Waals surface area contributed by atoms with Crippen molar-refractivity contribution in [2.45, 2.75) is 58.1 Å². The zero-order valence-corrected chi connectivity index (χ0v) is 12.1. The standard InChI is InChI=1S/C14H30N2O/c1-5-10-16-11-6-13(7-12-16)15-9-8-14(2,3)17-4/h13,15H,5-12H2,1-4H3. The second-order valence-corrected chi connectivity index (χ2v) is 5.78. The van der Waals surface area contributed by atoms with E-state index in [2.05, 4.69) is 31.0 Å². The minimum Gasteiger partial charge on any atom is -0.379 e. The van der Waals surface area contributed by atoms with Gasteiger partial charge in [0.1, 0.15) is 0 Å². The Balaban J connectivity index is 2.10. The van der Waals surface area contributed by atoms with Crippen LogP contribution in [0.5, 0.6) is 0 Å². The molecule has 0 amide bonds. The van der Waals surface area contributed by atoms with E-state index in [1.807, 2.05) is 0 Å². The van der Waals surface area contributed by atoms with Crippen molar-refractivity contribution in [3.8, 4) is 0 Å². The lowest BCUT2D eigenvalue weighted by molar-refractivity contribution is 0.0148. The van der Waals surface area contributed by atoms with Crippen molar-refractivity contribution in [2.24, 2.45) is 0 Å². The third-order valence-corrected chi connectivity index (χ3v) is 3.84. The molecule has 0 aliphatic carbocycles. The first kappa shape index (κ1) is 14.9. The molecule has 3 nitrogen and oxygen atoms in total. The fraction of sp³-hybridized carbons (Fsp3) is 1.00. The van der Waals surface area contributed by atoms with Crippen LogP contribution in [0.25, 0.3) is 0 Å². The Morgan fingerprint density at radius 3 is 2.47 bits per heavy atom. The Morgan fingerprint density at radius 1 is 1.29 bits per heavy atom. The summed E-state index contributed by atoms with van der Waals surface area (Å²) in [5, 5.41) is 3.67. The molecule has 1 heterocycles. The molecule has 17 heavy (non-hydrogen) atoms. The molecule has 0 atom stereocenters. The third kappa shape index (κ3) is 5.84. The molecule has 0 radical (unpaired) electrons. The van der Waals surface area contributed by atoms with Crippen LogP contribution in [0.15, 0.2) is 0 Å². The van der Waals surface area contributed by atoms with E-state index in [9.17, 15) is 0 Å². The number of ether oxygens (including phenoxy) is 1. The lowest BCUT2D eigenvalue weighted by Gasteiger charge is -2.33. The summed E-state index contributed by atoms with van der Waals surface area (Å²) in [5.74, 6) is 0. The van der Waals surface area contributed by atoms with Gasteiger partial charge in [-0.25, -0.2) is 0 Å². The van der Waals surface area contributed by atoms with Crippen LogP contribution in [-0.2, 0) is 4.74 Å². The number of hydrogen-bond acceptors (Lipinski definition) is 3. The molecule has 0 saturated carbocycles. The van der Waals surface area contributed by atoms with Crippen LogP contribution in [0, 0.1) is 0 Å². The Hall–Kier alpha value is -0.120. The Labute approximate surface area is 107 Å². The van der Waals surface area contributed by atoms with Crippen LogP contribution in [-0.4, -0.2) is 49.8 Å². The summed E-state index contributed by atoms with van der Waals surface area (Å²) in [5.41, 5.74) is 0.00983. The summed E-state index contributed by atoms with van der Waals surface area (Å²) >= 11 is 0. The van der Waals surface area contributed by atoms with Gasteiger partial charge in [-0.2, -0.15) is 0 Å². The molecule has 0 bridgehead atoms. The lowest BCUT2D eigenvalue weighted by atomic mass is 10.0. The largest absolute Gasteiger partial charge is 0.379 e. The molecule has 0 spiro atoms. The van der Waals surface area contributed by atoms with Gasteiger partial charge < -0.3 is 15.0 Å². The fourth-order valence-corrected chi connectivity index (χ4v) is 2.36. The molecule has 0 aromatic carbocycles. The van der Waals surface area contributed by atoms with Crippen LogP contribution >= 0.6 is 0 Å². The molecule has 0 aromatic heterocycles. The maximum atomic E-state index is 5.43. The zero-order chi connectivity index (χ0) is 12.7. The van der Waals surface area contributed by atoms with E-state index in [-0.39, 0.29) is 5.60 Å². The van der Waals surface area contributed by atoms with Gasteiger partial charge in [0, 0.05) is 13.2 Å². The highest BCUT2D eigenvalue weighted by atomic mass is 16.5. The van der Waals surface area contributed by atoms with E-state index in [0.717, 1.165) is 19.0 Å². The number of rotatable bonds is 7. The van der Waals surface area contributed by atoms with Crippen LogP contribution in [0.3, 0.4) is 0 Å². The molecule has 0 unspecified atom stereocenters. The maximum Gasteiger partial charge on any atom is 0.0634 e. The van der Waals surface area contributed by atoms with Gasteiger partial charge in [-0.05, 0) is 65.7 Å². The molecule has 102 valence electrons. The van der Waals surface area contributed by atoms with Gasteiger partial charge in [-0.3, -0.25) is 0 Å². The predicted octanol–water partition coefficient (Wildman–Crippen LogP) is 2.27. The van der Waals surface area contributed by atoms with Crippen molar-refractivity contribution in [2.75, 3.05) is 33.3 Å². The lowest BCUT2D eigenvalue weighted by Crippen LogP contribution is -2.43. The molecule has 1 aliphatic rings. The van der Waals surface area contributed by atoms with E-state index < -0.39 is 0 Å². The van der Waals surface area contributed by atoms with E-state index in [1.54, 1.807) is 7.11 Å². The van der Waals surface area contributed by atoms with Crippen molar-refractivity contribution in [3.63, 3.8) is 0 Å². The van der Waals surface area contributed by atoms with Gasteiger partial charge in [0.05, 0.1) is 5.60 Å². The molecule has 3 heteroatoms. The van der Waals surface area contributed by atoms with Crippen molar-refractivity contribution in [1.82, 2.24) is 10.2 Å². The number of piperidine rings is 1.